The molecule has 1 N–H and O–H groups in total. The van der Waals surface area contributed by atoms with Crippen LogP contribution in [0.5, 0.6) is 11.5 Å². The van der Waals surface area contributed by atoms with Crippen molar-refractivity contribution in [2.24, 2.45) is 4.99 Å². The van der Waals surface area contributed by atoms with E-state index in [-0.39, 0.29) is 11.8 Å². The number of rotatable bonds is 5. The fraction of sp³-hybridized carbons (Fsp3) is 0.222. The number of methoxy groups -OCH3 is 2. The number of hydrogen-bond donors (Lipinski definition) is 1. The van der Waals surface area contributed by atoms with Crippen molar-refractivity contribution in [2.75, 3.05) is 19.5 Å². The van der Waals surface area contributed by atoms with Crippen molar-refractivity contribution < 1.29 is 14.3 Å². The summed E-state index contributed by atoms with van der Waals surface area (Å²) in [6.07, 6.45) is 1.69. The Morgan fingerprint density at radius 3 is 2.74 bits per heavy atom. The predicted molar refractivity (Wildman–Crippen MR) is 89.6 cm³/mol. The number of nitrogens with one attached hydrogen (secondary N) is 1. The Kier molecular flexibility index (Phi) is 4.28. The smallest absolute Gasteiger partial charge is 0.237 e. The third-order valence-electron chi connectivity index (χ3n) is 3.84. The quantitative estimate of drug-likeness (QED) is 0.864. The number of nitrogens with zero attached hydrogens (tertiary/aromatic N) is 1. The molecule has 0 saturated carbocycles. The number of aliphatic imine (C=N–C) groups is 1. The Morgan fingerprint density at radius 1 is 1.13 bits per heavy atom. The van der Waals surface area contributed by atoms with Gasteiger partial charge in [-0.15, -0.1) is 0 Å². The van der Waals surface area contributed by atoms with Gasteiger partial charge in [0.25, 0.3) is 0 Å². The Hall–Kier alpha value is -2.82. The Morgan fingerprint density at radius 2 is 1.96 bits per heavy atom. The van der Waals surface area contributed by atoms with Crippen LogP contribution in [0.2, 0.25) is 0 Å². The molecule has 1 aliphatic heterocycles. The fourth-order valence-corrected chi connectivity index (χ4v) is 2.72. The molecular formula is C18H18N2O3. The van der Waals surface area contributed by atoms with Crippen molar-refractivity contribution in [3.63, 3.8) is 0 Å². The van der Waals surface area contributed by atoms with Gasteiger partial charge in [-0.2, -0.15) is 0 Å². The molecule has 0 fully saturated rings. The van der Waals surface area contributed by atoms with Crippen LogP contribution in [0.15, 0.2) is 47.5 Å². The van der Waals surface area contributed by atoms with E-state index in [2.05, 4.69) is 10.3 Å². The van der Waals surface area contributed by atoms with Crippen molar-refractivity contribution in [3.05, 3.63) is 53.6 Å². The van der Waals surface area contributed by atoms with Gasteiger partial charge in [0, 0.05) is 17.5 Å². The molecule has 5 heteroatoms. The van der Waals surface area contributed by atoms with Gasteiger partial charge in [-0.3, -0.25) is 9.79 Å². The van der Waals surface area contributed by atoms with E-state index in [1.807, 2.05) is 42.5 Å². The number of fused-ring (bicyclic) bond motifs is 1. The second kappa shape index (κ2) is 6.52. The SMILES string of the molecule is COc1cccc(CN=CC2C(=O)Nc3ccccc32)c1OC. The Bertz CT molecular complexity index is 756. The van der Waals surface area contributed by atoms with Crippen LogP contribution in [-0.4, -0.2) is 26.3 Å². The first-order chi connectivity index (χ1) is 11.2. The molecule has 0 aliphatic carbocycles. The van der Waals surface area contributed by atoms with Gasteiger partial charge in [-0.25, -0.2) is 0 Å². The third-order valence-corrected chi connectivity index (χ3v) is 3.84. The number of carbonyl (C=O) groups is 1. The van der Waals surface area contributed by atoms with Crippen molar-refractivity contribution in [3.8, 4) is 11.5 Å². The summed E-state index contributed by atoms with van der Waals surface area (Å²) in [4.78, 5) is 16.5. The lowest BCUT2D eigenvalue weighted by molar-refractivity contribution is -0.115. The predicted octanol–water partition coefficient (Wildman–Crippen LogP) is 3.01. The van der Waals surface area contributed by atoms with Gasteiger partial charge >= 0.3 is 0 Å². The van der Waals surface area contributed by atoms with Crippen LogP contribution in [-0.2, 0) is 11.3 Å². The third kappa shape index (κ3) is 2.90. The average molecular weight is 310 g/mol. The highest BCUT2D eigenvalue weighted by molar-refractivity contribution is 6.12. The number of anilines is 1. The summed E-state index contributed by atoms with van der Waals surface area (Å²) in [6, 6.07) is 13.3. The molecule has 0 radical (unpaired) electrons. The molecule has 0 aromatic heterocycles. The van der Waals surface area contributed by atoms with Crippen LogP contribution >= 0.6 is 0 Å². The normalized spacial score (nSPS) is 16.3. The monoisotopic (exact) mass is 310 g/mol. The van der Waals surface area contributed by atoms with Crippen molar-refractivity contribution in [1.29, 1.82) is 0 Å². The minimum atomic E-state index is -0.345. The van der Waals surface area contributed by atoms with E-state index in [9.17, 15) is 4.79 Å². The molecule has 23 heavy (non-hydrogen) atoms. The number of ether oxygens (including phenoxy) is 2. The second-order valence-electron chi connectivity index (χ2n) is 5.20. The zero-order valence-corrected chi connectivity index (χ0v) is 13.1. The number of hydrogen-bond acceptors (Lipinski definition) is 4. The van der Waals surface area contributed by atoms with Gasteiger partial charge in [0.2, 0.25) is 5.91 Å². The lowest BCUT2D eigenvalue weighted by Gasteiger charge is -2.11. The molecular weight excluding hydrogens is 292 g/mol. The van der Waals surface area contributed by atoms with Crippen LogP contribution in [0.25, 0.3) is 0 Å². The Labute approximate surface area is 135 Å². The molecule has 5 nitrogen and oxygen atoms in total. The number of benzene rings is 2. The maximum Gasteiger partial charge on any atom is 0.237 e. The lowest BCUT2D eigenvalue weighted by Crippen LogP contribution is -2.13. The first kappa shape index (κ1) is 15.1. The fourth-order valence-electron chi connectivity index (χ4n) is 2.72. The maximum atomic E-state index is 12.1. The highest BCUT2D eigenvalue weighted by Crippen LogP contribution is 2.32. The minimum absolute atomic E-state index is 0.0486. The lowest BCUT2D eigenvalue weighted by atomic mass is 10.0. The summed E-state index contributed by atoms with van der Waals surface area (Å²) < 4.78 is 10.7. The van der Waals surface area contributed by atoms with Crippen molar-refractivity contribution in [2.45, 2.75) is 12.5 Å². The van der Waals surface area contributed by atoms with Gasteiger partial charge in [-0.05, 0) is 17.7 Å². The van der Waals surface area contributed by atoms with E-state index in [0.29, 0.717) is 18.0 Å². The average Bonchev–Trinajstić information content (AvgIpc) is 2.90. The van der Waals surface area contributed by atoms with E-state index in [4.69, 9.17) is 9.47 Å². The molecule has 1 amide bonds. The van der Waals surface area contributed by atoms with Gasteiger partial charge in [0.05, 0.1) is 20.8 Å². The molecule has 1 heterocycles. The number of amides is 1. The minimum Gasteiger partial charge on any atom is -0.493 e. The maximum absolute atomic E-state index is 12.1. The van der Waals surface area contributed by atoms with Crippen LogP contribution in [0.1, 0.15) is 17.0 Å². The first-order valence-electron chi connectivity index (χ1n) is 7.34. The topological polar surface area (TPSA) is 59.9 Å². The van der Waals surface area contributed by atoms with E-state index < -0.39 is 0 Å². The largest absolute Gasteiger partial charge is 0.493 e. The van der Waals surface area contributed by atoms with Crippen molar-refractivity contribution >= 4 is 17.8 Å². The van der Waals surface area contributed by atoms with Crippen LogP contribution in [0.3, 0.4) is 0 Å². The molecule has 1 aliphatic rings. The molecule has 2 aromatic carbocycles. The summed E-state index contributed by atoms with van der Waals surface area (Å²) in [6.45, 7) is 0.423. The Balaban J connectivity index is 1.79. The van der Waals surface area contributed by atoms with E-state index >= 15 is 0 Å². The summed E-state index contributed by atoms with van der Waals surface area (Å²) in [5.41, 5.74) is 2.72. The number of carbonyl (C=O) groups excluding carboxylic acids is 1. The van der Waals surface area contributed by atoms with Crippen LogP contribution < -0.4 is 14.8 Å². The van der Waals surface area contributed by atoms with E-state index in [1.54, 1.807) is 20.4 Å². The molecule has 3 rings (SSSR count). The first-order valence-corrected chi connectivity index (χ1v) is 7.34. The highest BCUT2D eigenvalue weighted by Gasteiger charge is 2.28. The zero-order chi connectivity index (χ0) is 16.2. The van der Waals surface area contributed by atoms with Gasteiger partial charge in [-0.1, -0.05) is 30.3 Å². The zero-order valence-electron chi connectivity index (χ0n) is 13.1. The molecule has 1 unspecified atom stereocenters. The molecule has 1 atom stereocenters. The standard InChI is InChI=1S/C18H18N2O3/c1-22-16-9-5-6-12(17(16)23-2)10-19-11-14-13-7-3-4-8-15(13)20-18(14)21/h3-9,11,14H,10H2,1-2H3,(H,20,21). The van der Waals surface area contributed by atoms with E-state index in [0.717, 1.165) is 16.8 Å². The van der Waals surface area contributed by atoms with Gasteiger partial charge in [0.1, 0.15) is 5.92 Å². The molecule has 0 bridgehead atoms. The molecule has 2 aromatic rings. The highest BCUT2D eigenvalue weighted by atomic mass is 16.5. The van der Waals surface area contributed by atoms with Gasteiger partial charge in [0.15, 0.2) is 11.5 Å². The summed E-state index contributed by atoms with van der Waals surface area (Å²) in [5, 5.41) is 2.86. The second-order valence-corrected chi connectivity index (χ2v) is 5.20. The van der Waals surface area contributed by atoms with Crippen molar-refractivity contribution in [1.82, 2.24) is 0 Å². The summed E-state index contributed by atoms with van der Waals surface area (Å²) in [5.74, 6) is 0.947. The van der Waals surface area contributed by atoms with Crippen LogP contribution in [0.4, 0.5) is 5.69 Å². The molecule has 118 valence electrons. The summed E-state index contributed by atoms with van der Waals surface area (Å²) >= 11 is 0. The molecule has 0 spiro atoms. The summed E-state index contributed by atoms with van der Waals surface area (Å²) in [7, 11) is 3.20. The number of para-hydroxylation sites is 2. The molecule has 0 saturated heterocycles. The van der Waals surface area contributed by atoms with E-state index in [1.165, 1.54) is 0 Å². The van der Waals surface area contributed by atoms with Gasteiger partial charge < -0.3 is 14.8 Å². The van der Waals surface area contributed by atoms with Crippen LogP contribution in [0, 0.1) is 0 Å².